The summed E-state index contributed by atoms with van der Waals surface area (Å²) in [6.45, 7) is 3.58. The Morgan fingerprint density at radius 2 is 2.27 bits per heavy atom. The van der Waals surface area contributed by atoms with E-state index in [-0.39, 0.29) is 11.2 Å². The summed E-state index contributed by atoms with van der Waals surface area (Å²) < 4.78 is 31.1. The molecule has 1 heterocycles. The number of aromatic nitrogens is 2. The van der Waals surface area contributed by atoms with E-state index in [4.69, 9.17) is 4.55 Å². The van der Waals surface area contributed by atoms with Crippen LogP contribution in [0.5, 0.6) is 0 Å². The predicted molar refractivity (Wildman–Crippen MR) is 57.0 cm³/mol. The largest absolute Gasteiger partial charge is 0.412 e. The highest BCUT2D eigenvalue weighted by atomic mass is 32.2. The number of nitrogens with zero attached hydrogens (tertiary/aromatic N) is 2. The molecule has 0 spiro atoms. The highest BCUT2D eigenvalue weighted by Gasteiger charge is 2.06. The number of rotatable bonds is 5. The summed E-state index contributed by atoms with van der Waals surface area (Å²) in [6.07, 6.45) is 5.79. The van der Waals surface area contributed by atoms with Gasteiger partial charge in [-0.2, -0.15) is 8.42 Å². The lowest BCUT2D eigenvalue weighted by Gasteiger charge is -2.00. The molecule has 0 aromatic carbocycles. The van der Waals surface area contributed by atoms with Crippen molar-refractivity contribution in [3.05, 3.63) is 24.8 Å². The minimum atomic E-state index is -3.86. The van der Waals surface area contributed by atoms with Crippen molar-refractivity contribution < 1.29 is 18.4 Å². The van der Waals surface area contributed by atoms with Gasteiger partial charge < -0.3 is 10.0 Å². The Hall–Kier alpha value is -1.18. The summed E-state index contributed by atoms with van der Waals surface area (Å²) in [4.78, 5) is 4.02. The van der Waals surface area contributed by atoms with Crippen LogP contribution >= 0.6 is 0 Å². The van der Waals surface area contributed by atoms with Crippen molar-refractivity contribution in [1.82, 2.24) is 9.55 Å². The third-order valence-corrected chi connectivity index (χ3v) is 2.55. The van der Waals surface area contributed by atoms with E-state index < -0.39 is 10.1 Å². The average Bonchev–Trinajstić information content (AvgIpc) is 2.49. The Morgan fingerprint density at radius 1 is 1.60 bits per heavy atom. The van der Waals surface area contributed by atoms with Crippen LogP contribution in [0.3, 0.4) is 0 Å². The fourth-order valence-corrected chi connectivity index (χ4v) is 1.63. The Bertz CT molecular complexity index is 410. The second-order valence-electron chi connectivity index (χ2n) is 2.82. The molecule has 0 aliphatic carbocycles. The Balaban J connectivity index is 0.00000196. The van der Waals surface area contributed by atoms with Crippen molar-refractivity contribution in [2.45, 2.75) is 12.8 Å². The molecule has 1 aromatic rings. The van der Waals surface area contributed by atoms with Crippen molar-refractivity contribution in [2.24, 2.45) is 0 Å². The fraction of sp³-hybridized carbons (Fsp3) is 0.375. The highest BCUT2D eigenvalue weighted by Crippen LogP contribution is 2.02. The molecule has 7 heteroatoms. The van der Waals surface area contributed by atoms with Gasteiger partial charge in [0.2, 0.25) is 0 Å². The van der Waals surface area contributed by atoms with Crippen molar-refractivity contribution >= 4 is 16.3 Å². The minimum Gasteiger partial charge on any atom is -0.412 e. The maximum Gasteiger partial charge on any atom is 0.264 e. The lowest BCUT2D eigenvalue weighted by molar-refractivity contribution is 0.481. The van der Waals surface area contributed by atoms with Gasteiger partial charge in [0.25, 0.3) is 10.1 Å². The Morgan fingerprint density at radius 3 is 2.80 bits per heavy atom. The van der Waals surface area contributed by atoms with Crippen LogP contribution in [0, 0.1) is 0 Å². The van der Waals surface area contributed by atoms with Crippen molar-refractivity contribution in [3.8, 4) is 0 Å². The summed E-state index contributed by atoms with van der Waals surface area (Å²) in [5, 5.41) is 0. The predicted octanol–water partition coefficient (Wildman–Crippen LogP) is -0.0207. The Labute approximate surface area is 88.3 Å². The van der Waals surface area contributed by atoms with Crippen LogP contribution in [-0.2, 0) is 16.5 Å². The molecule has 0 atom stereocenters. The highest BCUT2D eigenvalue weighted by molar-refractivity contribution is 7.85. The summed E-state index contributed by atoms with van der Waals surface area (Å²) >= 11 is 0. The zero-order valence-electron chi connectivity index (χ0n) is 8.13. The van der Waals surface area contributed by atoms with Crippen molar-refractivity contribution in [3.63, 3.8) is 0 Å². The smallest absolute Gasteiger partial charge is 0.264 e. The van der Waals surface area contributed by atoms with Crippen LogP contribution in [0.1, 0.15) is 12.2 Å². The van der Waals surface area contributed by atoms with Crippen LogP contribution in [-0.4, -0.2) is 33.8 Å². The second kappa shape index (κ2) is 5.64. The first-order valence-electron chi connectivity index (χ1n) is 4.12. The van der Waals surface area contributed by atoms with Crippen LogP contribution in [0.25, 0.3) is 6.20 Å². The molecule has 0 fully saturated rings. The Kier molecular flexibility index (Phi) is 5.20. The maximum atomic E-state index is 10.4. The van der Waals surface area contributed by atoms with E-state index in [1.165, 1.54) is 0 Å². The van der Waals surface area contributed by atoms with Gasteiger partial charge in [0, 0.05) is 25.0 Å². The number of aryl methyl sites for hydroxylation is 1. The monoisotopic (exact) mass is 234 g/mol. The lowest BCUT2D eigenvalue weighted by atomic mass is 10.3. The molecule has 1 aromatic heterocycles. The van der Waals surface area contributed by atoms with E-state index in [2.05, 4.69) is 11.6 Å². The topological polar surface area (TPSA) is 104 Å². The molecule has 0 unspecified atom stereocenters. The van der Waals surface area contributed by atoms with Gasteiger partial charge in [-0.05, 0) is 6.42 Å². The fourth-order valence-electron chi connectivity index (χ4n) is 1.12. The third-order valence-electron chi connectivity index (χ3n) is 1.75. The molecule has 0 radical (unpaired) electrons. The number of hydrogen-bond acceptors (Lipinski definition) is 3. The molecule has 15 heavy (non-hydrogen) atoms. The molecular formula is C8H14N2O4S. The SMILES string of the molecule is C=Cn1ccnc1CCCS(=O)(=O)O.O. The summed E-state index contributed by atoms with van der Waals surface area (Å²) in [5.74, 6) is 0.500. The minimum absolute atomic E-state index is 0. The van der Waals surface area contributed by atoms with E-state index in [1.54, 1.807) is 23.2 Å². The zero-order valence-corrected chi connectivity index (χ0v) is 8.94. The molecular weight excluding hydrogens is 220 g/mol. The van der Waals surface area contributed by atoms with Crippen molar-refractivity contribution in [2.75, 3.05) is 5.75 Å². The molecule has 0 aliphatic heterocycles. The molecule has 0 saturated carbocycles. The van der Waals surface area contributed by atoms with Gasteiger partial charge >= 0.3 is 0 Å². The van der Waals surface area contributed by atoms with E-state index in [0.29, 0.717) is 12.8 Å². The molecule has 0 bridgehead atoms. The van der Waals surface area contributed by atoms with Gasteiger partial charge in [0.05, 0.1) is 5.75 Å². The average molecular weight is 234 g/mol. The van der Waals surface area contributed by atoms with Crippen LogP contribution < -0.4 is 0 Å². The van der Waals surface area contributed by atoms with Gasteiger partial charge in [-0.1, -0.05) is 6.58 Å². The van der Waals surface area contributed by atoms with Gasteiger partial charge in [-0.25, -0.2) is 4.98 Å². The first-order valence-corrected chi connectivity index (χ1v) is 5.73. The van der Waals surface area contributed by atoms with Crippen LogP contribution in [0.2, 0.25) is 0 Å². The number of imidazole rings is 1. The van der Waals surface area contributed by atoms with E-state index in [9.17, 15) is 8.42 Å². The molecule has 6 nitrogen and oxygen atoms in total. The first-order chi connectivity index (χ1) is 6.53. The van der Waals surface area contributed by atoms with E-state index in [0.717, 1.165) is 5.82 Å². The first kappa shape index (κ1) is 13.8. The van der Waals surface area contributed by atoms with E-state index in [1.807, 2.05) is 0 Å². The van der Waals surface area contributed by atoms with Gasteiger partial charge in [-0.3, -0.25) is 4.55 Å². The molecule has 0 saturated heterocycles. The number of hydrogen-bond donors (Lipinski definition) is 1. The van der Waals surface area contributed by atoms with Gasteiger partial charge in [-0.15, -0.1) is 0 Å². The maximum absolute atomic E-state index is 10.4. The quantitative estimate of drug-likeness (QED) is 0.723. The third kappa shape index (κ3) is 4.73. The molecule has 0 aliphatic rings. The van der Waals surface area contributed by atoms with Crippen LogP contribution in [0.4, 0.5) is 0 Å². The summed E-state index contributed by atoms with van der Waals surface area (Å²) in [6, 6.07) is 0. The van der Waals surface area contributed by atoms with Crippen molar-refractivity contribution in [1.29, 1.82) is 0 Å². The molecule has 3 N–H and O–H groups in total. The lowest BCUT2D eigenvalue weighted by Crippen LogP contribution is -2.06. The normalized spacial score (nSPS) is 10.7. The van der Waals surface area contributed by atoms with E-state index >= 15 is 0 Å². The van der Waals surface area contributed by atoms with Gasteiger partial charge in [0.1, 0.15) is 5.82 Å². The summed E-state index contributed by atoms with van der Waals surface area (Å²) in [7, 11) is -3.86. The summed E-state index contributed by atoms with van der Waals surface area (Å²) in [5.41, 5.74) is 0. The van der Waals surface area contributed by atoms with Crippen LogP contribution in [0.15, 0.2) is 19.0 Å². The van der Waals surface area contributed by atoms with Gasteiger partial charge in [0.15, 0.2) is 0 Å². The second-order valence-corrected chi connectivity index (χ2v) is 4.39. The molecule has 86 valence electrons. The molecule has 1 rings (SSSR count). The standard InChI is InChI=1S/C8H12N2O3S.H2O/c1-2-10-6-5-9-8(10)4-3-7-14(11,12)13;/h2,5-6H,1,3-4,7H2,(H,11,12,13);1H2. The molecule has 0 amide bonds. The zero-order chi connectivity index (χ0) is 10.6.